The van der Waals surface area contributed by atoms with Gasteiger partial charge < -0.3 is 10.6 Å². The Morgan fingerprint density at radius 2 is 1.12 bits per heavy atom. The van der Waals surface area contributed by atoms with E-state index in [1.54, 1.807) is 11.1 Å². The Morgan fingerprint density at radius 3 is 1.52 bits per heavy atom. The topological polar surface area (TPSA) is 24.1 Å². The van der Waals surface area contributed by atoms with Crippen molar-refractivity contribution in [3.63, 3.8) is 0 Å². The van der Waals surface area contributed by atoms with Gasteiger partial charge >= 0.3 is 0 Å². The predicted octanol–water partition coefficient (Wildman–Crippen LogP) is 9.95. The molecule has 3 atom stereocenters. The lowest BCUT2D eigenvalue weighted by Gasteiger charge is -2.49. The normalized spacial score (nSPS) is 21.7. The lowest BCUT2D eigenvalue weighted by atomic mass is 9.74. The Labute approximate surface area is 260 Å². The molecule has 0 amide bonds. The van der Waals surface area contributed by atoms with E-state index in [2.05, 4.69) is 134 Å². The maximum absolute atomic E-state index is 4.05. The molecule has 3 unspecified atom stereocenters. The standard InChI is InChI=1S/C38H54N2P2/c1-36(2,3)42(37(4,5)6)27-30-25-31(28-17-9-7-10-18-28)32(29-19-11-8-12-20-29)26-33(30)38(41,34-21-13-15-23-39-34)35-22-14-16-24-40-35/h7-12,17-20,25-26,34-35,39-40H,13-16,21-24,27,41H2,1-6H3. The maximum atomic E-state index is 4.05. The Hall–Kier alpha value is -1.56. The van der Waals surface area contributed by atoms with Crippen LogP contribution >= 0.6 is 17.2 Å². The summed E-state index contributed by atoms with van der Waals surface area (Å²) in [6.45, 7) is 17.1. The van der Waals surface area contributed by atoms with Crippen molar-refractivity contribution in [1.82, 2.24) is 10.6 Å². The summed E-state index contributed by atoms with van der Waals surface area (Å²) in [5.41, 5.74) is 8.43. The minimum atomic E-state index is -0.313. The van der Waals surface area contributed by atoms with Crippen molar-refractivity contribution in [1.29, 1.82) is 0 Å². The molecule has 5 rings (SSSR count). The van der Waals surface area contributed by atoms with Crippen LogP contribution in [0.5, 0.6) is 0 Å². The summed E-state index contributed by atoms with van der Waals surface area (Å²) in [6, 6.07) is 28.3. The van der Waals surface area contributed by atoms with E-state index in [4.69, 9.17) is 0 Å². The summed E-state index contributed by atoms with van der Waals surface area (Å²) in [6.07, 6.45) is 8.78. The smallest absolute Gasteiger partial charge is 0.0405 e. The third kappa shape index (κ3) is 6.89. The summed E-state index contributed by atoms with van der Waals surface area (Å²) in [5.74, 6) is 0. The largest absolute Gasteiger partial charge is 0.313 e. The molecule has 0 aromatic heterocycles. The maximum Gasteiger partial charge on any atom is 0.0405 e. The second-order valence-corrected chi connectivity index (χ2v) is 19.5. The first-order valence-electron chi connectivity index (χ1n) is 16.3. The van der Waals surface area contributed by atoms with Crippen molar-refractivity contribution in [2.45, 2.75) is 114 Å². The van der Waals surface area contributed by atoms with Crippen molar-refractivity contribution in [3.05, 3.63) is 83.9 Å². The molecule has 2 N–H and O–H groups in total. The van der Waals surface area contributed by atoms with Crippen LogP contribution in [0.15, 0.2) is 72.8 Å². The van der Waals surface area contributed by atoms with E-state index >= 15 is 0 Å². The van der Waals surface area contributed by atoms with Gasteiger partial charge in [0.15, 0.2) is 0 Å². The molecule has 4 heteroatoms. The molecule has 0 aliphatic carbocycles. The van der Waals surface area contributed by atoms with Gasteiger partial charge in [-0.15, -0.1) is 9.24 Å². The van der Waals surface area contributed by atoms with Gasteiger partial charge in [-0.2, -0.15) is 0 Å². The highest BCUT2D eigenvalue weighted by atomic mass is 31.1. The lowest BCUT2D eigenvalue weighted by molar-refractivity contribution is 0.238. The fourth-order valence-corrected chi connectivity index (χ4v) is 12.1. The number of hydrogen-bond donors (Lipinski definition) is 2. The van der Waals surface area contributed by atoms with Gasteiger partial charge in [-0.05, 0) is 101 Å². The van der Waals surface area contributed by atoms with Crippen LogP contribution in [0.25, 0.3) is 22.3 Å². The second-order valence-electron chi connectivity index (χ2n) is 14.7. The molecule has 226 valence electrons. The highest BCUT2D eigenvalue weighted by molar-refractivity contribution is 7.60. The molecule has 0 spiro atoms. The average molecular weight is 601 g/mol. The summed E-state index contributed by atoms with van der Waals surface area (Å²) in [7, 11) is 3.20. The first-order valence-corrected chi connectivity index (χ1v) is 18.4. The molecular formula is C38H54N2P2. The Balaban J connectivity index is 1.80. The molecule has 2 fully saturated rings. The van der Waals surface area contributed by atoms with Crippen LogP contribution in [0.2, 0.25) is 0 Å². The van der Waals surface area contributed by atoms with E-state index in [0.29, 0.717) is 12.1 Å². The average Bonchev–Trinajstić information content (AvgIpc) is 2.99. The van der Waals surface area contributed by atoms with Gasteiger partial charge in [0.2, 0.25) is 0 Å². The van der Waals surface area contributed by atoms with Crippen LogP contribution in [0.4, 0.5) is 0 Å². The molecular weight excluding hydrogens is 546 g/mol. The first-order chi connectivity index (χ1) is 20.0. The van der Waals surface area contributed by atoms with Crippen molar-refractivity contribution < 1.29 is 0 Å². The second kappa shape index (κ2) is 13.2. The molecule has 42 heavy (non-hydrogen) atoms. The molecule has 2 aliphatic heterocycles. The van der Waals surface area contributed by atoms with E-state index in [1.807, 2.05) is 0 Å². The monoisotopic (exact) mass is 600 g/mol. The molecule has 3 aromatic carbocycles. The summed E-state index contributed by atoms with van der Waals surface area (Å²) in [4.78, 5) is 0. The van der Waals surface area contributed by atoms with Crippen LogP contribution in [0, 0.1) is 0 Å². The molecule has 0 saturated carbocycles. The number of benzene rings is 3. The van der Waals surface area contributed by atoms with Gasteiger partial charge in [-0.25, -0.2) is 0 Å². The van der Waals surface area contributed by atoms with Crippen molar-refractivity contribution in [2.75, 3.05) is 13.1 Å². The van der Waals surface area contributed by atoms with Gasteiger partial charge in [0.25, 0.3) is 0 Å². The molecule has 2 saturated heterocycles. The minimum Gasteiger partial charge on any atom is -0.313 e. The van der Waals surface area contributed by atoms with Crippen LogP contribution in [-0.4, -0.2) is 35.5 Å². The van der Waals surface area contributed by atoms with Crippen molar-refractivity contribution in [2.24, 2.45) is 0 Å². The van der Waals surface area contributed by atoms with Crippen molar-refractivity contribution in [3.8, 4) is 22.3 Å². The number of rotatable bonds is 7. The Morgan fingerprint density at radius 1 is 0.667 bits per heavy atom. The van der Waals surface area contributed by atoms with Gasteiger partial charge in [-0.1, -0.05) is 123 Å². The quantitative estimate of drug-likeness (QED) is 0.264. The van der Waals surface area contributed by atoms with E-state index in [0.717, 1.165) is 19.3 Å². The zero-order valence-electron chi connectivity index (χ0n) is 27.0. The minimum absolute atomic E-state index is 0.0777. The van der Waals surface area contributed by atoms with Crippen LogP contribution in [-0.2, 0) is 11.3 Å². The number of piperidine rings is 2. The number of hydrogen-bond acceptors (Lipinski definition) is 2. The molecule has 2 aliphatic rings. The fraction of sp³-hybridized carbons (Fsp3) is 0.526. The third-order valence-corrected chi connectivity index (χ3v) is 14.6. The highest BCUT2D eigenvalue weighted by Gasteiger charge is 2.46. The SMILES string of the molecule is CC(C)(C)P(Cc1cc(-c2ccccc2)c(-c2ccccc2)cc1C(P)(C1CCCCN1)C1CCCCN1)C(C)(C)C. The Kier molecular flexibility index (Phi) is 10.0. The van der Waals surface area contributed by atoms with E-state index in [-0.39, 0.29) is 23.4 Å². The molecule has 0 radical (unpaired) electrons. The van der Waals surface area contributed by atoms with Gasteiger partial charge in [-0.3, -0.25) is 0 Å². The molecule has 2 heterocycles. The molecule has 2 nitrogen and oxygen atoms in total. The van der Waals surface area contributed by atoms with E-state index in [9.17, 15) is 0 Å². The number of nitrogens with one attached hydrogen (secondary N) is 2. The summed E-state index contributed by atoms with van der Waals surface area (Å²) in [5, 5.41) is 8.53. The third-order valence-electron chi connectivity index (χ3n) is 9.60. The van der Waals surface area contributed by atoms with Crippen LogP contribution in [0.1, 0.15) is 91.2 Å². The molecule has 0 bridgehead atoms. The summed E-state index contributed by atoms with van der Waals surface area (Å²) < 4.78 is 0. The summed E-state index contributed by atoms with van der Waals surface area (Å²) >= 11 is 0. The predicted molar refractivity (Wildman–Crippen MR) is 190 cm³/mol. The molecule has 3 aromatic rings. The lowest BCUT2D eigenvalue weighted by Crippen LogP contribution is -2.58. The Bertz CT molecular complexity index is 1260. The van der Waals surface area contributed by atoms with Crippen LogP contribution in [0.3, 0.4) is 0 Å². The zero-order valence-corrected chi connectivity index (χ0v) is 29.0. The zero-order chi connectivity index (χ0) is 30.0. The van der Waals surface area contributed by atoms with Gasteiger partial charge in [0, 0.05) is 17.2 Å². The van der Waals surface area contributed by atoms with Gasteiger partial charge in [0.1, 0.15) is 0 Å². The fourth-order valence-electron chi connectivity index (χ4n) is 7.68. The van der Waals surface area contributed by atoms with Crippen LogP contribution < -0.4 is 10.6 Å². The van der Waals surface area contributed by atoms with E-state index < -0.39 is 0 Å². The first kappa shape index (κ1) is 31.9. The van der Waals surface area contributed by atoms with Crippen molar-refractivity contribution >= 4 is 17.2 Å². The van der Waals surface area contributed by atoms with Gasteiger partial charge in [0.05, 0.1) is 0 Å². The van der Waals surface area contributed by atoms with E-state index in [1.165, 1.54) is 60.8 Å². The highest BCUT2D eigenvalue weighted by Crippen LogP contribution is 2.62.